The van der Waals surface area contributed by atoms with Gasteiger partial charge in [0.2, 0.25) is 0 Å². The Balaban J connectivity index is 1.40. The Bertz CT molecular complexity index is 962. The third kappa shape index (κ3) is 4.27. The molecule has 8 heteroatoms. The maximum atomic E-state index is 12.2. The minimum Gasteiger partial charge on any atom is -0.467 e. The number of hydrogen-bond donors (Lipinski definition) is 0. The molecule has 1 aliphatic heterocycles. The zero-order valence-corrected chi connectivity index (χ0v) is 15.8. The summed E-state index contributed by atoms with van der Waals surface area (Å²) in [6.07, 6.45) is 1.81. The molecule has 0 unspecified atom stereocenters. The van der Waals surface area contributed by atoms with Gasteiger partial charge in [0, 0.05) is 27.7 Å². The average molecular weight is 403 g/mol. The van der Waals surface area contributed by atoms with Crippen LogP contribution in [0.15, 0.2) is 41.9 Å². The second kappa shape index (κ2) is 8.04. The van der Waals surface area contributed by atoms with E-state index in [9.17, 15) is 4.79 Å². The molecule has 3 aromatic rings. The predicted octanol–water partition coefficient (Wildman–Crippen LogP) is 4.01. The van der Waals surface area contributed by atoms with Crippen LogP contribution in [0.1, 0.15) is 16.8 Å². The monoisotopic (exact) mass is 402 g/mol. The standard InChI is InChI=1S/C19H15ClN2O4S/c20-14-5-12-8-24-11-26-18(12)13(6-14)9-25-17(23)7-15-10-27-19(22-15)16-3-1-2-4-21-16/h1-6,10H,7-9,11H2. The van der Waals surface area contributed by atoms with Crippen molar-refractivity contribution in [3.63, 3.8) is 0 Å². The molecule has 0 saturated carbocycles. The zero-order valence-electron chi connectivity index (χ0n) is 14.2. The van der Waals surface area contributed by atoms with Gasteiger partial charge >= 0.3 is 5.97 Å². The van der Waals surface area contributed by atoms with Gasteiger partial charge in [-0.25, -0.2) is 4.98 Å². The maximum absolute atomic E-state index is 12.2. The summed E-state index contributed by atoms with van der Waals surface area (Å²) >= 11 is 7.57. The highest BCUT2D eigenvalue weighted by Crippen LogP contribution is 2.32. The number of ether oxygens (including phenoxy) is 3. The van der Waals surface area contributed by atoms with E-state index in [1.807, 2.05) is 23.6 Å². The molecule has 6 nitrogen and oxygen atoms in total. The van der Waals surface area contributed by atoms with Crippen molar-refractivity contribution in [2.75, 3.05) is 6.79 Å². The second-order valence-corrected chi connectivity index (χ2v) is 7.15. The van der Waals surface area contributed by atoms with E-state index in [0.29, 0.717) is 23.1 Å². The van der Waals surface area contributed by atoms with Gasteiger partial charge in [-0.15, -0.1) is 11.3 Å². The van der Waals surface area contributed by atoms with Crippen LogP contribution in [0.5, 0.6) is 5.75 Å². The molecule has 138 valence electrons. The largest absolute Gasteiger partial charge is 0.467 e. The normalized spacial score (nSPS) is 12.9. The quantitative estimate of drug-likeness (QED) is 0.600. The van der Waals surface area contributed by atoms with Crippen molar-refractivity contribution in [1.29, 1.82) is 0 Å². The molecule has 0 saturated heterocycles. The van der Waals surface area contributed by atoms with Crippen molar-refractivity contribution in [3.8, 4) is 16.5 Å². The lowest BCUT2D eigenvalue weighted by Crippen LogP contribution is -2.15. The number of halogens is 1. The number of carbonyl (C=O) groups is 1. The van der Waals surface area contributed by atoms with Gasteiger partial charge in [-0.2, -0.15) is 0 Å². The van der Waals surface area contributed by atoms with Gasteiger partial charge in [-0.1, -0.05) is 17.7 Å². The summed E-state index contributed by atoms with van der Waals surface area (Å²) in [4.78, 5) is 20.9. The van der Waals surface area contributed by atoms with Crippen molar-refractivity contribution >= 4 is 28.9 Å². The van der Waals surface area contributed by atoms with Gasteiger partial charge in [0.25, 0.3) is 0 Å². The molecule has 27 heavy (non-hydrogen) atoms. The van der Waals surface area contributed by atoms with E-state index in [1.54, 1.807) is 18.3 Å². The van der Waals surface area contributed by atoms with Gasteiger partial charge in [0.1, 0.15) is 17.4 Å². The Labute approximate surface area is 164 Å². The highest BCUT2D eigenvalue weighted by atomic mass is 35.5. The molecule has 0 N–H and O–H groups in total. The number of nitrogens with zero attached hydrogens (tertiary/aromatic N) is 2. The van der Waals surface area contributed by atoms with Gasteiger partial charge in [-0.3, -0.25) is 9.78 Å². The van der Waals surface area contributed by atoms with Crippen LogP contribution in [0.25, 0.3) is 10.7 Å². The molecule has 4 rings (SSSR count). The molecule has 0 fully saturated rings. The Kier molecular flexibility index (Phi) is 5.33. The Hall–Kier alpha value is -2.48. The molecule has 0 radical (unpaired) electrons. The second-order valence-electron chi connectivity index (χ2n) is 5.86. The Morgan fingerprint density at radius 1 is 1.33 bits per heavy atom. The molecule has 0 amide bonds. The number of rotatable bonds is 5. The van der Waals surface area contributed by atoms with Gasteiger partial charge < -0.3 is 14.2 Å². The Morgan fingerprint density at radius 2 is 2.26 bits per heavy atom. The lowest BCUT2D eigenvalue weighted by molar-refractivity contribution is -0.144. The van der Waals surface area contributed by atoms with Crippen LogP contribution >= 0.6 is 22.9 Å². The van der Waals surface area contributed by atoms with Crippen molar-refractivity contribution in [1.82, 2.24) is 9.97 Å². The van der Waals surface area contributed by atoms with Crippen LogP contribution < -0.4 is 4.74 Å². The van der Waals surface area contributed by atoms with Gasteiger partial charge in [-0.05, 0) is 24.3 Å². The summed E-state index contributed by atoms with van der Waals surface area (Å²) in [7, 11) is 0. The highest BCUT2D eigenvalue weighted by Gasteiger charge is 2.18. The van der Waals surface area contributed by atoms with Crippen molar-refractivity contribution in [2.24, 2.45) is 0 Å². The molecule has 0 atom stereocenters. The Morgan fingerprint density at radius 3 is 3.11 bits per heavy atom. The minimum absolute atomic E-state index is 0.0823. The van der Waals surface area contributed by atoms with Crippen molar-refractivity contribution < 1.29 is 19.0 Å². The van der Waals surface area contributed by atoms with Crippen LogP contribution in [0.2, 0.25) is 5.02 Å². The maximum Gasteiger partial charge on any atom is 0.312 e. The van der Waals surface area contributed by atoms with Crippen LogP contribution in [0, 0.1) is 0 Å². The van der Waals surface area contributed by atoms with E-state index in [4.69, 9.17) is 25.8 Å². The van der Waals surface area contributed by atoms with Crippen molar-refractivity contribution in [3.05, 3.63) is 63.8 Å². The first-order valence-electron chi connectivity index (χ1n) is 8.22. The molecule has 0 spiro atoms. The fourth-order valence-electron chi connectivity index (χ4n) is 2.72. The van der Waals surface area contributed by atoms with E-state index < -0.39 is 0 Å². The molecule has 3 heterocycles. The molecular formula is C19H15ClN2O4S. The molecule has 0 aliphatic carbocycles. The van der Waals surface area contributed by atoms with E-state index in [0.717, 1.165) is 21.8 Å². The number of thiazole rings is 1. The summed E-state index contributed by atoms with van der Waals surface area (Å²) in [5, 5.41) is 3.16. The predicted molar refractivity (Wildman–Crippen MR) is 101 cm³/mol. The molecule has 2 aromatic heterocycles. The van der Waals surface area contributed by atoms with Crippen LogP contribution in [-0.2, 0) is 33.9 Å². The number of pyridine rings is 1. The smallest absolute Gasteiger partial charge is 0.312 e. The summed E-state index contributed by atoms with van der Waals surface area (Å²) in [6.45, 7) is 0.676. The van der Waals surface area contributed by atoms with Crippen LogP contribution in [-0.4, -0.2) is 22.7 Å². The fourth-order valence-corrected chi connectivity index (χ4v) is 3.77. The van der Waals surface area contributed by atoms with E-state index in [1.165, 1.54) is 11.3 Å². The van der Waals surface area contributed by atoms with E-state index in [2.05, 4.69) is 9.97 Å². The number of carbonyl (C=O) groups excluding carboxylic acids is 1. The first-order chi connectivity index (χ1) is 13.2. The molecule has 1 aromatic carbocycles. The van der Waals surface area contributed by atoms with Gasteiger partial charge in [0.05, 0.1) is 24.4 Å². The molecular weight excluding hydrogens is 388 g/mol. The molecule has 1 aliphatic rings. The number of benzene rings is 1. The third-order valence-corrected chi connectivity index (χ3v) is 5.03. The summed E-state index contributed by atoms with van der Waals surface area (Å²) < 4.78 is 16.2. The average Bonchev–Trinajstić information content (AvgIpc) is 3.15. The van der Waals surface area contributed by atoms with Gasteiger partial charge in [0.15, 0.2) is 6.79 Å². The van der Waals surface area contributed by atoms with E-state index in [-0.39, 0.29) is 25.8 Å². The number of fused-ring (bicyclic) bond motifs is 1. The zero-order chi connectivity index (χ0) is 18.6. The third-order valence-electron chi connectivity index (χ3n) is 3.90. The number of esters is 1. The lowest BCUT2D eigenvalue weighted by Gasteiger charge is -2.21. The van der Waals surface area contributed by atoms with E-state index >= 15 is 0 Å². The topological polar surface area (TPSA) is 70.5 Å². The fraction of sp³-hybridized carbons (Fsp3) is 0.211. The first-order valence-corrected chi connectivity index (χ1v) is 9.48. The van der Waals surface area contributed by atoms with Crippen LogP contribution in [0.3, 0.4) is 0 Å². The summed E-state index contributed by atoms with van der Waals surface area (Å²) in [6, 6.07) is 9.15. The summed E-state index contributed by atoms with van der Waals surface area (Å²) in [5.41, 5.74) is 3.01. The lowest BCUT2D eigenvalue weighted by atomic mass is 10.1. The van der Waals surface area contributed by atoms with Crippen molar-refractivity contribution in [2.45, 2.75) is 19.6 Å². The molecule has 0 bridgehead atoms. The highest BCUT2D eigenvalue weighted by molar-refractivity contribution is 7.13. The number of hydrogen-bond acceptors (Lipinski definition) is 7. The van der Waals surface area contributed by atoms with Crippen LogP contribution in [0.4, 0.5) is 0 Å². The SMILES string of the molecule is O=C(Cc1csc(-c2ccccn2)n1)OCc1cc(Cl)cc2c1OCOC2. The minimum atomic E-state index is -0.367. The summed E-state index contributed by atoms with van der Waals surface area (Å²) in [5.74, 6) is 0.304. The number of aromatic nitrogens is 2. The first kappa shape index (κ1) is 17.9.